The van der Waals surface area contributed by atoms with E-state index in [1.807, 2.05) is 0 Å². The Balaban J connectivity index is 2.88. The summed E-state index contributed by atoms with van der Waals surface area (Å²) in [5.74, 6) is 0.516. The van der Waals surface area contributed by atoms with Gasteiger partial charge in [0.2, 0.25) is 5.88 Å². The van der Waals surface area contributed by atoms with Gasteiger partial charge < -0.3 is 4.74 Å². The minimum absolute atomic E-state index is 0.516. The van der Waals surface area contributed by atoms with E-state index in [1.54, 1.807) is 19.2 Å². The molecule has 0 bridgehead atoms. The highest BCUT2D eigenvalue weighted by atomic mass is 16.5. The number of hydrogen-bond donors (Lipinski definition) is 0. The lowest BCUT2D eigenvalue weighted by Gasteiger charge is -1.94. The fraction of sp³-hybridized carbons (Fsp3) is 0.167. The fourth-order valence-corrected chi connectivity index (χ4v) is 0.457. The van der Waals surface area contributed by atoms with Crippen LogP contribution in [0.15, 0.2) is 12.1 Å². The minimum atomic E-state index is 0.516. The minimum Gasteiger partial charge on any atom is -0.480 e. The first kappa shape index (κ1) is 6.01. The molecule has 47 valence electrons. The van der Waals surface area contributed by atoms with Crippen LogP contribution in [0, 0.1) is 6.92 Å². The third-order valence-corrected chi connectivity index (χ3v) is 0.904. The summed E-state index contributed by atoms with van der Waals surface area (Å²) in [5, 5.41) is 7.33. The SMILES string of the molecule is [CH2]c1ccc(OC)nn1. The maximum Gasteiger partial charge on any atom is 0.233 e. The lowest BCUT2D eigenvalue weighted by molar-refractivity contribution is 0.391. The van der Waals surface area contributed by atoms with Crippen LogP contribution in [0.2, 0.25) is 0 Å². The molecule has 0 unspecified atom stereocenters. The molecular weight excluding hydrogens is 116 g/mol. The van der Waals surface area contributed by atoms with Crippen molar-refractivity contribution in [3.63, 3.8) is 0 Å². The largest absolute Gasteiger partial charge is 0.480 e. The zero-order valence-electron chi connectivity index (χ0n) is 5.16. The Bertz CT molecular complexity index is 183. The van der Waals surface area contributed by atoms with Crippen LogP contribution in [0.25, 0.3) is 0 Å². The normalized spacial score (nSPS) is 9.11. The van der Waals surface area contributed by atoms with Crippen molar-refractivity contribution < 1.29 is 4.74 Å². The predicted molar refractivity (Wildman–Crippen MR) is 33.0 cm³/mol. The van der Waals surface area contributed by atoms with E-state index in [-0.39, 0.29) is 0 Å². The van der Waals surface area contributed by atoms with Crippen molar-refractivity contribution in [3.8, 4) is 5.88 Å². The summed E-state index contributed by atoms with van der Waals surface area (Å²) in [4.78, 5) is 0. The Morgan fingerprint density at radius 1 is 1.44 bits per heavy atom. The zero-order chi connectivity index (χ0) is 6.69. The first-order valence-corrected chi connectivity index (χ1v) is 2.52. The number of hydrogen-bond acceptors (Lipinski definition) is 3. The molecule has 0 aliphatic heterocycles. The molecule has 0 saturated heterocycles. The van der Waals surface area contributed by atoms with Gasteiger partial charge in [-0.3, -0.25) is 0 Å². The van der Waals surface area contributed by atoms with E-state index in [4.69, 9.17) is 4.74 Å². The standard InChI is InChI=1S/C6H7N2O/c1-5-3-4-6(9-2)8-7-5/h3-4H,1H2,2H3. The number of rotatable bonds is 1. The van der Waals surface area contributed by atoms with Crippen molar-refractivity contribution in [2.24, 2.45) is 0 Å². The first-order chi connectivity index (χ1) is 4.33. The van der Waals surface area contributed by atoms with Gasteiger partial charge in [0.15, 0.2) is 0 Å². The van der Waals surface area contributed by atoms with Gasteiger partial charge in [-0.05, 0) is 13.0 Å². The molecule has 3 heteroatoms. The van der Waals surface area contributed by atoms with Gasteiger partial charge in [0.05, 0.1) is 12.8 Å². The highest BCUT2D eigenvalue weighted by molar-refractivity contribution is 5.12. The van der Waals surface area contributed by atoms with Crippen molar-refractivity contribution in [1.29, 1.82) is 0 Å². The van der Waals surface area contributed by atoms with Gasteiger partial charge in [-0.1, -0.05) is 0 Å². The number of aromatic nitrogens is 2. The molecule has 3 nitrogen and oxygen atoms in total. The highest BCUT2D eigenvalue weighted by Crippen LogP contribution is 2.01. The van der Waals surface area contributed by atoms with E-state index < -0.39 is 0 Å². The topological polar surface area (TPSA) is 35.0 Å². The third kappa shape index (κ3) is 1.38. The molecule has 9 heavy (non-hydrogen) atoms. The van der Waals surface area contributed by atoms with Crippen molar-refractivity contribution >= 4 is 0 Å². The van der Waals surface area contributed by atoms with Crippen LogP contribution in [0.1, 0.15) is 5.69 Å². The zero-order valence-corrected chi connectivity index (χ0v) is 5.16. The Labute approximate surface area is 53.7 Å². The Morgan fingerprint density at radius 2 is 2.22 bits per heavy atom. The molecule has 0 saturated carbocycles. The molecule has 0 fully saturated rings. The van der Waals surface area contributed by atoms with Gasteiger partial charge in [0, 0.05) is 6.07 Å². The van der Waals surface area contributed by atoms with Crippen LogP contribution in [-0.2, 0) is 0 Å². The Kier molecular flexibility index (Phi) is 1.63. The van der Waals surface area contributed by atoms with Crippen molar-refractivity contribution in [2.75, 3.05) is 7.11 Å². The second-order valence-corrected chi connectivity index (χ2v) is 1.57. The summed E-state index contributed by atoms with van der Waals surface area (Å²) in [6.45, 7) is 3.57. The molecule has 0 spiro atoms. The second-order valence-electron chi connectivity index (χ2n) is 1.57. The van der Waals surface area contributed by atoms with Gasteiger partial charge in [-0.25, -0.2) is 0 Å². The van der Waals surface area contributed by atoms with Crippen LogP contribution >= 0.6 is 0 Å². The molecular formula is C6H7N2O. The quantitative estimate of drug-likeness (QED) is 0.550. The van der Waals surface area contributed by atoms with Crippen molar-refractivity contribution in [1.82, 2.24) is 10.2 Å². The van der Waals surface area contributed by atoms with Crippen LogP contribution in [-0.4, -0.2) is 17.3 Å². The predicted octanol–water partition coefficient (Wildman–Crippen LogP) is 0.667. The van der Waals surface area contributed by atoms with Gasteiger partial charge >= 0.3 is 0 Å². The van der Waals surface area contributed by atoms with Gasteiger partial charge in [0.25, 0.3) is 0 Å². The smallest absolute Gasteiger partial charge is 0.233 e. The summed E-state index contributed by atoms with van der Waals surface area (Å²) in [6.07, 6.45) is 0. The molecule has 1 rings (SSSR count). The van der Waals surface area contributed by atoms with E-state index in [2.05, 4.69) is 17.1 Å². The number of ether oxygens (including phenoxy) is 1. The average molecular weight is 123 g/mol. The highest BCUT2D eigenvalue weighted by Gasteiger charge is 1.89. The molecule has 0 aromatic carbocycles. The van der Waals surface area contributed by atoms with E-state index in [0.29, 0.717) is 11.6 Å². The molecule has 1 aromatic rings. The summed E-state index contributed by atoms with van der Waals surface area (Å²) < 4.78 is 4.77. The summed E-state index contributed by atoms with van der Waals surface area (Å²) in [7, 11) is 1.55. The Morgan fingerprint density at radius 3 is 2.67 bits per heavy atom. The van der Waals surface area contributed by atoms with Crippen molar-refractivity contribution in [3.05, 3.63) is 24.8 Å². The van der Waals surface area contributed by atoms with Crippen LogP contribution in [0.3, 0.4) is 0 Å². The van der Waals surface area contributed by atoms with Crippen LogP contribution < -0.4 is 4.74 Å². The molecule has 1 heterocycles. The monoisotopic (exact) mass is 123 g/mol. The van der Waals surface area contributed by atoms with Crippen molar-refractivity contribution in [2.45, 2.75) is 0 Å². The molecule has 0 aliphatic rings. The maximum atomic E-state index is 4.77. The molecule has 0 aliphatic carbocycles. The van der Waals surface area contributed by atoms with E-state index >= 15 is 0 Å². The second kappa shape index (κ2) is 2.44. The van der Waals surface area contributed by atoms with Gasteiger partial charge in [-0.15, -0.1) is 5.10 Å². The van der Waals surface area contributed by atoms with Gasteiger partial charge in [-0.2, -0.15) is 5.10 Å². The lowest BCUT2D eigenvalue weighted by atomic mass is 10.4. The van der Waals surface area contributed by atoms with E-state index in [1.165, 1.54) is 0 Å². The number of nitrogens with zero attached hydrogens (tertiary/aromatic N) is 2. The molecule has 0 N–H and O–H groups in total. The lowest BCUT2D eigenvalue weighted by Crippen LogP contribution is -1.90. The summed E-state index contributed by atoms with van der Waals surface area (Å²) >= 11 is 0. The molecule has 0 amide bonds. The van der Waals surface area contributed by atoms with Gasteiger partial charge in [0.1, 0.15) is 0 Å². The fourth-order valence-electron chi connectivity index (χ4n) is 0.457. The third-order valence-electron chi connectivity index (χ3n) is 0.904. The molecule has 1 aromatic heterocycles. The van der Waals surface area contributed by atoms with E-state index in [0.717, 1.165) is 0 Å². The number of methoxy groups -OCH3 is 1. The average Bonchev–Trinajstić information content (AvgIpc) is 1.90. The summed E-state index contributed by atoms with van der Waals surface area (Å²) in [5.41, 5.74) is 0.649. The first-order valence-electron chi connectivity index (χ1n) is 2.52. The van der Waals surface area contributed by atoms with Crippen LogP contribution in [0.5, 0.6) is 5.88 Å². The van der Waals surface area contributed by atoms with Crippen LogP contribution in [0.4, 0.5) is 0 Å². The van der Waals surface area contributed by atoms with E-state index in [9.17, 15) is 0 Å². The maximum absolute atomic E-state index is 4.77. The molecule has 1 radical (unpaired) electrons. The summed E-state index contributed by atoms with van der Waals surface area (Å²) in [6, 6.07) is 3.46. The molecule has 0 atom stereocenters. The Hall–Kier alpha value is -1.12.